The zero-order valence-electron chi connectivity index (χ0n) is 18.6. The number of carbonyl (C=O) groups is 3. The van der Waals surface area contributed by atoms with Crippen molar-refractivity contribution in [1.82, 2.24) is 10.6 Å². The summed E-state index contributed by atoms with van der Waals surface area (Å²) in [5.74, 6) is -0.271. The number of carbonyl (C=O) groups excluding carboxylic acids is 3. The Labute approximate surface area is 206 Å². The lowest BCUT2D eigenvalue weighted by Gasteiger charge is -2.23. The minimum Gasteiger partial charge on any atom is -0.347 e. The Balaban J connectivity index is 1.54. The van der Waals surface area contributed by atoms with Crippen LogP contribution in [-0.2, 0) is 0 Å². The van der Waals surface area contributed by atoms with Gasteiger partial charge in [0.2, 0.25) is 0 Å². The smallest absolute Gasteiger partial charge is 0.323 e. The number of Topliss-reactive ketones (excluding diaryl/α,β-unsaturated/α-hetero) is 1. The minimum atomic E-state index is -0.482. The van der Waals surface area contributed by atoms with Gasteiger partial charge in [-0.1, -0.05) is 23.7 Å². The van der Waals surface area contributed by atoms with Crippen LogP contribution in [-0.4, -0.2) is 36.9 Å². The number of piperidine rings is 1. The Kier molecular flexibility index (Phi) is 7.62. The lowest BCUT2D eigenvalue weighted by Crippen LogP contribution is -2.45. The maximum atomic E-state index is 13.1. The Morgan fingerprint density at radius 3 is 2.41 bits per heavy atom. The standard InChI is InChI=1S/C25H25ClN4O3S/c1-15(31)16-6-10-19(11-7-16)29-25(33)30-21-13-22(17-4-8-18(26)9-5-17)34-23(21)24(32)28-20-3-2-12-27-14-20/h4-11,13,20,27H,2-3,12,14H2,1H3,(H,28,32)(H2,29,30,33)/t20-/m0/s1. The second-order valence-electron chi connectivity index (χ2n) is 8.09. The Bertz CT molecular complexity index is 1190. The lowest BCUT2D eigenvalue weighted by molar-refractivity contribution is 0.0934. The molecule has 0 saturated carbocycles. The highest BCUT2D eigenvalue weighted by atomic mass is 35.5. The highest BCUT2D eigenvalue weighted by Gasteiger charge is 2.22. The molecule has 2 aromatic carbocycles. The molecule has 1 aliphatic rings. The van der Waals surface area contributed by atoms with Crippen molar-refractivity contribution in [1.29, 1.82) is 0 Å². The molecule has 0 radical (unpaired) electrons. The number of hydrogen-bond donors (Lipinski definition) is 4. The summed E-state index contributed by atoms with van der Waals surface area (Å²) >= 11 is 7.33. The summed E-state index contributed by atoms with van der Waals surface area (Å²) in [6.45, 7) is 3.16. The zero-order valence-corrected chi connectivity index (χ0v) is 20.2. The topological polar surface area (TPSA) is 99.3 Å². The van der Waals surface area contributed by atoms with Crippen LogP contribution in [0.5, 0.6) is 0 Å². The molecule has 0 aliphatic carbocycles. The Morgan fingerprint density at radius 1 is 1.03 bits per heavy atom. The van der Waals surface area contributed by atoms with Crippen LogP contribution in [0, 0.1) is 0 Å². The number of thiophene rings is 1. The quantitative estimate of drug-likeness (QED) is 0.343. The second kappa shape index (κ2) is 10.8. The van der Waals surface area contributed by atoms with Gasteiger partial charge >= 0.3 is 6.03 Å². The normalized spacial score (nSPS) is 15.4. The fraction of sp³-hybridized carbons (Fsp3) is 0.240. The molecule has 9 heteroatoms. The van der Waals surface area contributed by atoms with E-state index in [2.05, 4.69) is 21.3 Å². The average Bonchev–Trinajstić information content (AvgIpc) is 3.24. The van der Waals surface area contributed by atoms with Gasteiger partial charge in [0.15, 0.2) is 5.78 Å². The summed E-state index contributed by atoms with van der Waals surface area (Å²) in [6.07, 6.45) is 1.91. The summed E-state index contributed by atoms with van der Waals surface area (Å²) in [6, 6.07) is 15.3. The van der Waals surface area contributed by atoms with Crippen molar-refractivity contribution in [3.63, 3.8) is 0 Å². The van der Waals surface area contributed by atoms with Gasteiger partial charge in [0.1, 0.15) is 4.88 Å². The van der Waals surface area contributed by atoms with Gasteiger partial charge in [0.05, 0.1) is 5.69 Å². The van der Waals surface area contributed by atoms with Crippen LogP contribution >= 0.6 is 22.9 Å². The Morgan fingerprint density at radius 2 is 1.76 bits per heavy atom. The summed E-state index contributed by atoms with van der Waals surface area (Å²) in [5.41, 5.74) is 2.42. The molecule has 34 heavy (non-hydrogen) atoms. The number of urea groups is 1. The van der Waals surface area contributed by atoms with Crippen molar-refractivity contribution in [2.24, 2.45) is 0 Å². The van der Waals surface area contributed by atoms with E-state index in [0.29, 0.717) is 26.8 Å². The van der Waals surface area contributed by atoms with E-state index in [9.17, 15) is 14.4 Å². The van der Waals surface area contributed by atoms with Crippen LogP contribution in [0.4, 0.5) is 16.2 Å². The van der Waals surface area contributed by atoms with Gasteiger partial charge in [0.25, 0.3) is 5.91 Å². The van der Waals surface area contributed by atoms with Gasteiger partial charge in [0, 0.05) is 33.7 Å². The second-order valence-corrected chi connectivity index (χ2v) is 9.58. The van der Waals surface area contributed by atoms with E-state index in [4.69, 9.17) is 11.6 Å². The third-order valence-corrected chi connectivity index (χ3v) is 6.93. The first-order valence-corrected chi connectivity index (χ1v) is 12.2. The van der Waals surface area contributed by atoms with E-state index in [1.54, 1.807) is 42.5 Å². The molecule has 1 aromatic heterocycles. The maximum absolute atomic E-state index is 13.1. The average molecular weight is 497 g/mol. The minimum absolute atomic E-state index is 0.0452. The third kappa shape index (κ3) is 6.02. The highest BCUT2D eigenvalue weighted by Crippen LogP contribution is 2.35. The molecule has 1 atom stereocenters. The molecule has 1 fully saturated rings. The summed E-state index contributed by atoms with van der Waals surface area (Å²) in [5, 5.41) is 12.5. The van der Waals surface area contributed by atoms with E-state index in [1.165, 1.54) is 18.3 Å². The highest BCUT2D eigenvalue weighted by molar-refractivity contribution is 7.18. The van der Waals surface area contributed by atoms with Crippen LogP contribution in [0.3, 0.4) is 0 Å². The molecule has 3 amide bonds. The van der Waals surface area contributed by atoms with Crippen LogP contribution in [0.15, 0.2) is 54.6 Å². The molecule has 0 spiro atoms. The van der Waals surface area contributed by atoms with Crippen LogP contribution in [0.25, 0.3) is 10.4 Å². The van der Waals surface area contributed by atoms with Gasteiger partial charge in [-0.25, -0.2) is 4.79 Å². The maximum Gasteiger partial charge on any atom is 0.323 e. The number of nitrogens with one attached hydrogen (secondary N) is 4. The summed E-state index contributed by atoms with van der Waals surface area (Å²) in [7, 11) is 0. The fourth-order valence-corrected chi connectivity index (χ4v) is 4.86. The first-order valence-electron chi connectivity index (χ1n) is 11.0. The molecule has 0 bridgehead atoms. The summed E-state index contributed by atoms with van der Waals surface area (Å²) in [4.78, 5) is 38.6. The molecule has 3 aromatic rings. The molecule has 7 nitrogen and oxygen atoms in total. The van der Waals surface area contributed by atoms with Crippen molar-refractivity contribution in [2.45, 2.75) is 25.8 Å². The third-order valence-electron chi connectivity index (χ3n) is 5.50. The first-order chi connectivity index (χ1) is 16.4. The van der Waals surface area contributed by atoms with Crippen LogP contribution in [0.2, 0.25) is 5.02 Å². The molecule has 1 aliphatic heterocycles. The van der Waals surface area contributed by atoms with Crippen molar-refractivity contribution >= 4 is 52.0 Å². The van der Waals surface area contributed by atoms with E-state index in [-0.39, 0.29) is 17.7 Å². The number of amides is 3. The molecule has 2 heterocycles. The largest absolute Gasteiger partial charge is 0.347 e. The molecule has 0 unspecified atom stereocenters. The van der Waals surface area contributed by atoms with Crippen molar-refractivity contribution < 1.29 is 14.4 Å². The number of hydrogen-bond acceptors (Lipinski definition) is 5. The van der Waals surface area contributed by atoms with Crippen LogP contribution in [0.1, 0.15) is 39.8 Å². The van der Waals surface area contributed by atoms with Gasteiger partial charge in [-0.05, 0) is 74.3 Å². The van der Waals surface area contributed by atoms with Gasteiger partial charge in [-0.15, -0.1) is 11.3 Å². The lowest BCUT2D eigenvalue weighted by atomic mass is 10.1. The predicted octanol–water partition coefficient (Wildman–Crippen LogP) is 5.40. The first kappa shape index (κ1) is 23.9. The predicted molar refractivity (Wildman–Crippen MR) is 137 cm³/mol. The fourth-order valence-electron chi connectivity index (χ4n) is 3.71. The van der Waals surface area contributed by atoms with Gasteiger partial charge in [-0.2, -0.15) is 0 Å². The molecule has 176 valence electrons. The van der Waals surface area contributed by atoms with Crippen molar-refractivity contribution in [2.75, 3.05) is 23.7 Å². The number of benzene rings is 2. The molecule has 4 rings (SSSR count). The van der Waals surface area contributed by atoms with E-state index in [1.807, 2.05) is 12.1 Å². The summed E-state index contributed by atoms with van der Waals surface area (Å²) < 4.78 is 0. The number of rotatable bonds is 6. The zero-order chi connectivity index (χ0) is 24.1. The van der Waals surface area contributed by atoms with E-state index >= 15 is 0 Å². The van der Waals surface area contributed by atoms with Gasteiger partial charge in [-0.3, -0.25) is 9.59 Å². The van der Waals surface area contributed by atoms with Crippen molar-refractivity contribution in [3.8, 4) is 10.4 Å². The molecule has 4 N–H and O–H groups in total. The van der Waals surface area contributed by atoms with E-state index < -0.39 is 6.03 Å². The number of anilines is 2. The molecular weight excluding hydrogens is 472 g/mol. The van der Waals surface area contributed by atoms with Gasteiger partial charge < -0.3 is 21.3 Å². The monoisotopic (exact) mass is 496 g/mol. The number of ketones is 1. The number of halogens is 1. The van der Waals surface area contributed by atoms with E-state index in [0.717, 1.165) is 36.4 Å². The SMILES string of the molecule is CC(=O)c1ccc(NC(=O)Nc2cc(-c3ccc(Cl)cc3)sc2C(=O)N[C@H]2CCCNC2)cc1. The van der Waals surface area contributed by atoms with Crippen LogP contribution < -0.4 is 21.3 Å². The van der Waals surface area contributed by atoms with Crippen molar-refractivity contribution in [3.05, 3.63) is 70.1 Å². The molecule has 1 saturated heterocycles. The molecular formula is C25H25ClN4O3S. The Hall–Kier alpha value is -3.20.